The number of hydrogen-bond acceptors (Lipinski definition) is 5. The zero-order valence-electron chi connectivity index (χ0n) is 15.8. The number of thiocarbonyl (C=S) groups is 1. The van der Waals surface area contributed by atoms with Crippen molar-refractivity contribution in [2.45, 2.75) is 13.8 Å². The summed E-state index contributed by atoms with van der Waals surface area (Å²) in [5.74, 6) is 1.56. The Morgan fingerprint density at radius 2 is 1.82 bits per heavy atom. The second kappa shape index (κ2) is 9.11. The highest BCUT2D eigenvalue weighted by atomic mass is 79.9. The molecule has 0 atom stereocenters. The van der Waals surface area contributed by atoms with Crippen LogP contribution in [0, 0.1) is 13.8 Å². The molecule has 1 aliphatic rings. The number of halogens is 1. The monoisotopic (exact) mass is 477 g/mol. The summed E-state index contributed by atoms with van der Waals surface area (Å²) >= 11 is 10.00. The van der Waals surface area contributed by atoms with Gasteiger partial charge in [-0.3, -0.25) is 9.69 Å². The number of carbonyl (C=O) groups is 1. The number of rotatable bonds is 6. The van der Waals surface area contributed by atoms with Crippen molar-refractivity contribution < 1.29 is 14.3 Å². The molecule has 1 heterocycles. The van der Waals surface area contributed by atoms with Crippen molar-refractivity contribution in [2.24, 2.45) is 0 Å². The maximum absolute atomic E-state index is 12.1. The third-order valence-corrected chi connectivity index (χ3v) is 6.34. The number of likely N-dealkylation sites (N-methyl/N-ethyl adjacent to an activating group) is 1. The quantitative estimate of drug-likeness (QED) is 0.318. The number of para-hydroxylation sites is 1. The van der Waals surface area contributed by atoms with Gasteiger partial charge in [-0.15, -0.1) is 0 Å². The molecule has 4 nitrogen and oxygen atoms in total. The van der Waals surface area contributed by atoms with E-state index in [0.29, 0.717) is 22.4 Å². The summed E-state index contributed by atoms with van der Waals surface area (Å²) in [6.07, 6.45) is 1.83. The SMILES string of the molecule is Cc1cccc(C)c1OCCOc1ccc(/C=C2\SC(=S)N(C)C2=O)cc1Br. The van der Waals surface area contributed by atoms with Gasteiger partial charge in [-0.1, -0.05) is 48.2 Å². The molecule has 1 amide bonds. The maximum atomic E-state index is 12.1. The van der Waals surface area contributed by atoms with Crippen molar-refractivity contribution in [3.05, 3.63) is 62.5 Å². The highest BCUT2D eigenvalue weighted by Gasteiger charge is 2.28. The Morgan fingerprint density at radius 3 is 2.43 bits per heavy atom. The first-order chi connectivity index (χ1) is 13.4. The molecular weight excluding hydrogens is 458 g/mol. The fourth-order valence-electron chi connectivity index (χ4n) is 2.74. The molecule has 3 rings (SSSR count). The highest BCUT2D eigenvalue weighted by molar-refractivity contribution is 9.10. The molecule has 1 fully saturated rings. The molecule has 0 bridgehead atoms. The summed E-state index contributed by atoms with van der Waals surface area (Å²) in [4.78, 5) is 14.2. The molecule has 1 aliphatic heterocycles. The smallest absolute Gasteiger partial charge is 0.265 e. The number of thioether (sulfide) groups is 1. The van der Waals surface area contributed by atoms with Crippen molar-refractivity contribution in [1.29, 1.82) is 0 Å². The fraction of sp³-hybridized carbons (Fsp3) is 0.238. The summed E-state index contributed by atoms with van der Waals surface area (Å²) in [6.45, 7) is 4.95. The zero-order chi connectivity index (χ0) is 20.3. The van der Waals surface area contributed by atoms with Crippen LogP contribution in [-0.4, -0.2) is 35.4 Å². The minimum atomic E-state index is -0.0740. The second-order valence-electron chi connectivity index (χ2n) is 6.35. The van der Waals surface area contributed by atoms with Crippen molar-refractivity contribution in [2.75, 3.05) is 20.3 Å². The van der Waals surface area contributed by atoms with Gasteiger partial charge in [0, 0.05) is 7.05 Å². The second-order valence-corrected chi connectivity index (χ2v) is 8.88. The lowest BCUT2D eigenvalue weighted by Crippen LogP contribution is -2.22. The van der Waals surface area contributed by atoms with Crippen molar-refractivity contribution in [3.8, 4) is 11.5 Å². The first kappa shape index (κ1) is 20.9. The van der Waals surface area contributed by atoms with Crippen molar-refractivity contribution in [1.82, 2.24) is 4.90 Å². The van der Waals surface area contributed by atoms with Crippen LogP contribution in [0.25, 0.3) is 6.08 Å². The molecule has 0 saturated carbocycles. The minimum Gasteiger partial charge on any atom is -0.489 e. The Labute approximate surface area is 183 Å². The highest BCUT2D eigenvalue weighted by Crippen LogP contribution is 2.33. The molecular formula is C21H20BrNO3S2. The molecule has 0 radical (unpaired) electrons. The van der Waals surface area contributed by atoms with E-state index in [4.69, 9.17) is 21.7 Å². The molecule has 0 N–H and O–H groups in total. The van der Waals surface area contributed by atoms with Crippen LogP contribution in [0.5, 0.6) is 11.5 Å². The van der Waals surface area contributed by atoms with Crippen LogP contribution in [0.2, 0.25) is 0 Å². The summed E-state index contributed by atoms with van der Waals surface area (Å²) in [5, 5.41) is 0. The average Bonchev–Trinajstić information content (AvgIpc) is 2.89. The number of amides is 1. The van der Waals surface area contributed by atoms with E-state index < -0.39 is 0 Å². The fourth-order valence-corrected chi connectivity index (χ4v) is 4.43. The maximum Gasteiger partial charge on any atom is 0.265 e. The van der Waals surface area contributed by atoms with Crippen LogP contribution in [0.3, 0.4) is 0 Å². The van der Waals surface area contributed by atoms with Gasteiger partial charge in [-0.25, -0.2) is 0 Å². The predicted molar refractivity (Wildman–Crippen MR) is 122 cm³/mol. The Kier molecular flexibility index (Phi) is 6.80. The normalized spacial score (nSPS) is 15.4. The van der Waals surface area contributed by atoms with E-state index in [-0.39, 0.29) is 5.91 Å². The molecule has 2 aromatic rings. The summed E-state index contributed by atoms with van der Waals surface area (Å²) in [5.41, 5.74) is 3.13. The number of benzene rings is 2. The number of ether oxygens (including phenoxy) is 2. The Balaban J connectivity index is 1.59. The third-order valence-electron chi connectivity index (χ3n) is 4.24. The van der Waals surface area contributed by atoms with E-state index in [1.165, 1.54) is 16.7 Å². The lowest BCUT2D eigenvalue weighted by molar-refractivity contribution is -0.121. The van der Waals surface area contributed by atoms with Gasteiger partial charge in [0.1, 0.15) is 29.0 Å². The molecule has 7 heteroatoms. The van der Waals surface area contributed by atoms with Crippen LogP contribution in [0.4, 0.5) is 0 Å². The first-order valence-electron chi connectivity index (χ1n) is 8.69. The number of aryl methyl sites for hydroxylation is 2. The molecule has 0 aliphatic carbocycles. The largest absolute Gasteiger partial charge is 0.489 e. The zero-order valence-corrected chi connectivity index (χ0v) is 19.0. The average molecular weight is 478 g/mol. The summed E-state index contributed by atoms with van der Waals surface area (Å²) in [6, 6.07) is 11.8. The van der Waals surface area contributed by atoms with Crippen molar-refractivity contribution in [3.63, 3.8) is 0 Å². The molecule has 2 aromatic carbocycles. The van der Waals surface area contributed by atoms with E-state index in [0.717, 1.165) is 32.7 Å². The van der Waals surface area contributed by atoms with Gasteiger partial charge in [-0.2, -0.15) is 0 Å². The molecule has 0 aromatic heterocycles. The number of carbonyl (C=O) groups excluding carboxylic acids is 1. The van der Waals surface area contributed by atoms with Crippen LogP contribution >= 0.6 is 39.9 Å². The van der Waals surface area contributed by atoms with E-state index >= 15 is 0 Å². The van der Waals surface area contributed by atoms with E-state index in [2.05, 4.69) is 15.9 Å². The van der Waals surface area contributed by atoms with Gasteiger partial charge in [0.05, 0.1) is 9.38 Å². The number of hydrogen-bond donors (Lipinski definition) is 0. The van der Waals surface area contributed by atoms with Gasteiger partial charge in [0.15, 0.2) is 0 Å². The van der Waals surface area contributed by atoms with Crippen LogP contribution in [-0.2, 0) is 4.79 Å². The van der Waals surface area contributed by atoms with Gasteiger partial charge in [-0.05, 0) is 64.7 Å². The standard InChI is InChI=1S/C21H20BrNO3S2/c1-13-5-4-6-14(2)19(13)26-10-9-25-17-8-7-15(11-16(17)22)12-18-20(24)23(3)21(27)28-18/h4-8,11-12H,9-10H2,1-3H3/b18-12-. The first-order valence-corrected chi connectivity index (χ1v) is 10.7. The van der Waals surface area contributed by atoms with Gasteiger partial charge < -0.3 is 9.47 Å². The molecule has 1 saturated heterocycles. The van der Waals surface area contributed by atoms with Crippen LogP contribution < -0.4 is 9.47 Å². The molecule has 146 valence electrons. The topological polar surface area (TPSA) is 38.8 Å². The van der Waals surface area contributed by atoms with Crippen LogP contribution in [0.15, 0.2) is 45.8 Å². The predicted octanol–water partition coefficient (Wildman–Crippen LogP) is 5.35. The Morgan fingerprint density at radius 1 is 1.14 bits per heavy atom. The molecule has 0 spiro atoms. The van der Waals surface area contributed by atoms with E-state index in [1.807, 2.05) is 56.3 Å². The van der Waals surface area contributed by atoms with Gasteiger partial charge in [0.2, 0.25) is 0 Å². The van der Waals surface area contributed by atoms with E-state index in [1.54, 1.807) is 7.05 Å². The Hall–Kier alpha value is -1.83. The lowest BCUT2D eigenvalue weighted by atomic mass is 10.1. The van der Waals surface area contributed by atoms with Gasteiger partial charge >= 0.3 is 0 Å². The summed E-state index contributed by atoms with van der Waals surface area (Å²) < 4.78 is 13.1. The third kappa shape index (κ3) is 4.77. The van der Waals surface area contributed by atoms with E-state index in [9.17, 15) is 4.79 Å². The molecule has 0 unspecified atom stereocenters. The van der Waals surface area contributed by atoms with Crippen LogP contribution in [0.1, 0.15) is 16.7 Å². The van der Waals surface area contributed by atoms with Gasteiger partial charge in [0.25, 0.3) is 5.91 Å². The minimum absolute atomic E-state index is 0.0740. The van der Waals surface area contributed by atoms with Crippen molar-refractivity contribution >= 4 is 56.2 Å². The lowest BCUT2D eigenvalue weighted by Gasteiger charge is -2.13. The Bertz CT molecular complexity index is 938. The summed E-state index contributed by atoms with van der Waals surface area (Å²) in [7, 11) is 1.69. The molecule has 28 heavy (non-hydrogen) atoms. The number of nitrogens with zero attached hydrogens (tertiary/aromatic N) is 1.